The van der Waals surface area contributed by atoms with Crippen LogP contribution in [0.5, 0.6) is 0 Å². The number of halogens is 3. The van der Waals surface area contributed by atoms with Crippen molar-refractivity contribution in [3.05, 3.63) is 51.3 Å². The van der Waals surface area contributed by atoms with Crippen molar-refractivity contribution in [1.82, 2.24) is 4.98 Å². The smallest absolute Gasteiger partial charge is 0.275 e. The molecule has 2 aromatic rings. The van der Waals surface area contributed by atoms with E-state index in [2.05, 4.69) is 31.5 Å². The van der Waals surface area contributed by atoms with Crippen molar-refractivity contribution in [3.8, 4) is 0 Å². The predicted octanol–water partition coefficient (Wildman–Crippen LogP) is 4.32. The summed E-state index contributed by atoms with van der Waals surface area (Å²) in [5.41, 5.74) is 0.551. The van der Waals surface area contributed by atoms with Crippen LogP contribution in [0.1, 0.15) is 17.4 Å². The summed E-state index contributed by atoms with van der Waals surface area (Å²) >= 11 is 9.05. The molecule has 0 radical (unpaired) electrons. The van der Waals surface area contributed by atoms with Crippen LogP contribution in [0.2, 0.25) is 5.02 Å². The van der Waals surface area contributed by atoms with E-state index in [1.165, 1.54) is 18.2 Å². The minimum absolute atomic E-state index is 0.107. The molecule has 0 atom stereocenters. The van der Waals surface area contributed by atoms with Crippen molar-refractivity contribution in [3.63, 3.8) is 0 Å². The highest BCUT2D eigenvalue weighted by Crippen LogP contribution is 2.22. The quantitative estimate of drug-likeness (QED) is 0.840. The van der Waals surface area contributed by atoms with Crippen molar-refractivity contribution >= 4 is 44.9 Å². The Balaban J connectivity index is 2.23. The zero-order valence-electron chi connectivity index (χ0n) is 11.1. The van der Waals surface area contributed by atoms with Crippen LogP contribution in [-0.4, -0.2) is 17.4 Å². The summed E-state index contributed by atoms with van der Waals surface area (Å²) in [7, 11) is 0. The van der Waals surface area contributed by atoms with Gasteiger partial charge in [0.2, 0.25) is 0 Å². The Labute approximate surface area is 134 Å². The molecule has 0 fully saturated rings. The molecule has 2 rings (SSSR count). The number of anilines is 2. The maximum absolute atomic E-state index is 13.2. The molecule has 0 unspecified atom stereocenters. The number of amides is 1. The number of carbonyl (C=O) groups excluding carboxylic acids is 1. The third-order valence-electron chi connectivity index (χ3n) is 2.60. The highest BCUT2D eigenvalue weighted by Gasteiger charge is 2.14. The van der Waals surface area contributed by atoms with E-state index in [1.54, 1.807) is 12.1 Å². The molecule has 0 aliphatic rings. The molecule has 0 saturated heterocycles. The fourth-order valence-electron chi connectivity index (χ4n) is 1.65. The number of benzene rings is 1. The van der Waals surface area contributed by atoms with Gasteiger partial charge in [0.05, 0.1) is 9.50 Å². The van der Waals surface area contributed by atoms with Gasteiger partial charge in [-0.05, 0) is 53.2 Å². The average Bonchev–Trinajstić information content (AvgIpc) is 2.45. The lowest BCUT2D eigenvalue weighted by molar-refractivity contribution is 0.102. The predicted molar refractivity (Wildman–Crippen MR) is 85.5 cm³/mol. The first kappa shape index (κ1) is 15.7. The van der Waals surface area contributed by atoms with Crippen LogP contribution in [0, 0.1) is 5.82 Å². The fourth-order valence-corrected chi connectivity index (χ4v) is 2.22. The molecule has 21 heavy (non-hydrogen) atoms. The van der Waals surface area contributed by atoms with Gasteiger partial charge >= 0.3 is 0 Å². The number of pyridine rings is 1. The maximum atomic E-state index is 13.2. The van der Waals surface area contributed by atoms with E-state index < -0.39 is 11.7 Å². The molecule has 0 spiro atoms. The Hall–Kier alpha value is -1.66. The van der Waals surface area contributed by atoms with Gasteiger partial charge in [-0.25, -0.2) is 9.37 Å². The largest absolute Gasteiger partial charge is 0.370 e. The maximum Gasteiger partial charge on any atom is 0.275 e. The molecule has 0 saturated carbocycles. The Morgan fingerprint density at radius 3 is 2.81 bits per heavy atom. The molecule has 1 heterocycles. The second-order valence-corrected chi connectivity index (χ2v) is 5.40. The average molecular weight is 373 g/mol. The fraction of sp³-hybridized carbons (Fsp3) is 0.143. The number of carbonyl (C=O) groups is 1. The van der Waals surface area contributed by atoms with Gasteiger partial charge in [-0.15, -0.1) is 0 Å². The molecule has 0 aliphatic heterocycles. The Morgan fingerprint density at radius 1 is 1.38 bits per heavy atom. The lowest BCUT2D eigenvalue weighted by atomic mass is 10.2. The molecule has 0 aliphatic carbocycles. The lowest BCUT2D eigenvalue weighted by Crippen LogP contribution is -2.15. The van der Waals surface area contributed by atoms with Crippen LogP contribution in [0.25, 0.3) is 0 Å². The summed E-state index contributed by atoms with van der Waals surface area (Å²) in [6.45, 7) is 2.60. The molecule has 0 bridgehead atoms. The Kier molecular flexibility index (Phi) is 5.14. The van der Waals surface area contributed by atoms with E-state index in [9.17, 15) is 9.18 Å². The van der Waals surface area contributed by atoms with Crippen LogP contribution in [0.4, 0.5) is 15.9 Å². The van der Waals surface area contributed by atoms with Crippen molar-refractivity contribution in [2.24, 2.45) is 0 Å². The SMILES string of the molecule is CCNc1ccc(Cl)c(C(=O)Nc2ccc(F)c(Br)c2)n1. The van der Waals surface area contributed by atoms with Gasteiger partial charge in [0.15, 0.2) is 0 Å². The van der Waals surface area contributed by atoms with E-state index in [0.29, 0.717) is 18.1 Å². The monoisotopic (exact) mass is 371 g/mol. The van der Waals surface area contributed by atoms with E-state index in [4.69, 9.17) is 11.6 Å². The first-order valence-corrected chi connectivity index (χ1v) is 7.35. The van der Waals surface area contributed by atoms with Crippen molar-refractivity contribution in [2.75, 3.05) is 17.2 Å². The molecule has 2 N–H and O–H groups in total. The Bertz CT molecular complexity index is 681. The molecular weight excluding hydrogens is 361 g/mol. The topological polar surface area (TPSA) is 54.0 Å². The van der Waals surface area contributed by atoms with Gasteiger partial charge < -0.3 is 10.6 Å². The lowest BCUT2D eigenvalue weighted by Gasteiger charge is -2.09. The number of nitrogens with zero attached hydrogens (tertiary/aromatic N) is 1. The van der Waals surface area contributed by atoms with Gasteiger partial charge in [-0.2, -0.15) is 0 Å². The Morgan fingerprint density at radius 2 is 2.14 bits per heavy atom. The first-order chi connectivity index (χ1) is 10.0. The minimum Gasteiger partial charge on any atom is -0.370 e. The van der Waals surface area contributed by atoms with E-state index in [-0.39, 0.29) is 15.2 Å². The van der Waals surface area contributed by atoms with E-state index in [0.717, 1.165) is 0 Å². The van der Waals surface area contributed by atoms with Gasteiger partial charge in [0.25, 0.3) is 5.91 Å². The van der Waals surface area contributed by atoms with Crippen LogP contribution in [0.15, 0.2) is 34.8 Å². The third-order valence-corrected chi connectivity index (χ3v) is 3.51. The first-order valence-electron chi connectivity index (χ1n) is 6.18. The second kappa shape index (κ2) is 6.87. The van der Waals surface area contributed by atoms with Crippen LogP contribution in [0.3, 0.4) is 0 Å². The summed E-state index contributed by atoms with van der Waals surface area (Å²) in [6, 6.07) is 7.47. The molecule has 4 nitrogen and oxygen atoms in total. The molecule has 7 heteroatoms. The number of hydrogen-bond acceptors (Lipinski definition) is 3. The molecular formula is C14H12BrClFN3O. The summed E-state index contributed by atoms with van der Waals surface area (Å²) in [5.74, 6) is -0.302. The van der Waals surface area contributed by atoms with Crippen LogP contribution >= 0.6 is 27.5 Å². The zero-order valence-corrected chi connectivity index (χ0v) is 13.4. The van der Waals surface area contributed by atoms with Crippen LogP contribution < -0.4 is 10.6 Å². The van der Waals surface area contributed by atoms with Crippen molar-refractivity contribution in [1.29, 1.82) is 0 Å². The summed E-state index contributed by atoms with van der Waals surface area (Å²) in [4.78, 5) is 16.3. The number of rotatable bonds is 4. The highest BCUT2D eigenvalue weighted by molar-refractivity contribution is 9.10. The molecule has 1 aromatic carbocycles. The number of nitrogens with one attached hydrogen (secondary N) is 2. The third kappa shape index (κ3) is 3.92. The standard InChI is InChI=1S/C14H12BrClFN3O/c1-2-18-12-6-4-10(16)13(20-12)14(21)19-8-3-5-11(17)9(15)7-8/h3-7H,2H2,1H3,(H,18,20)(H,19,21). The van der Waals surface area contributed by atoms with Crippen molar-refractivity contribution in [2.45, 2.75) is 6.92 Å². The van der Waals surface area contributed by atoms with Crippen LogP contribution in [-0.2, 0) is 0 Å². The van der Waals surface area contributed by atoms with Gasteiger partial charge in [0, 0.05) is 12.2 Å². The van der Waals surface area contributed by atoms with E-state index in [1.807, 2.05) is 6.92 Å². The summed E-state index contributed by atoms with van der Waals surface area (Å²) in [5, 5.41) is 5.88. The van der Waals surface area contributed by atoms with Gasteiger partial charge in [-0.1, -0.05) is 11.6 Å². The summed E-state index contributed by atoms with van der Waals surface area (Å²) < 4.78 is 13.4. The van der Waals surface area contributed by atoms with E-state index >= 15 is 0 Å². The summed E-state index contributed by atoms with van der Waals surface area (Å²) in [6.07, 6.45) is 0. The highest BCUT2D eigenvalue weighted by atomic mass is 79.9. The minimum atomic E-state index is -0.460. The molecule has 1 aromatic heterocycles. The van der Waals surface area contributed by atoms with Gasteiger partial charge in [-0.3, -0.25) is 4.79 Å². The molecule has 1 amide bonds. The molecule has 110 valence electrons. The second-order valence-electron chi connectivity index (χ2n) is 4.14. The van der Waals surface area contributed by atoms with Gasteiger partial charge in [0.1, 0.15) is 17.3 Å². The normalized spacial score (nSPS) is 10.3. The number of aromatic nitrogens is 1. The zero-order chi connectivity index (χ0) is 15.4. The van der Waals surface area contributed by atoms with Crippen molar-refractivity contribution < 1.29 is 9.18 Å². The number of hydrogen-bond donors (Lipinski definition) is 2.